The van der Waals surface area contributed by atoms with Crippen molar-refractivity contribution < 1.29 is 30.8 Å². The first-order valence-corrected chi connectivity index (χ1v) is 8.63. The minimum Gasteiger partial charge on any atom is -0.463 e. The van der Waals surface area contributed by atoms with Crippen molar-refractivity contribution in [1.29, 1.82) is 5.26 Å². The number of halogens is 6. The zero-order valence-electron chi connectivity index (χ0n) is 15.5. The van der Waals surface area contributed by atoms with Crippen LogP contribution >= 0.6 is 0 Å². The van der Waals surface area contributed by atoms with Crippen molar-refractivity contribution >= 4 is 11.8 Å². The summed E-state index contributed by atoms with van der Waals surface area (Å²) in [5.74, 6) is -0.489. The molecule has 1 aromatic carbocycles. The summed E-state index contributed by atoms with van der Waals surface area (Å²) < 4.78 is 81.6. The molecule has 0 aliphatic rings. The summed E-state index contributed by atoms with van der Waals surface area (Å²) in [5, 5.41) is 14.2. The highest BCUT2D eigenvalue weighted by atomic mass is 19.4. The second-order valence-electron chi connectivity index (χ2n) is 6.23. The van der Waals surface area contributed by atoms with Crippen LogP contribution in [0.4, 0.5) is 38.1 Å². The Kier molecular flexibility index (Phi) is 6.05. The van der Waals surface area contributed by atoms with E-state index in [1.165, 1.54) is 30.5 Å². The van der Waals surface area contributed by atoms with E-state index in [9.17, 15) is 31.6 Å². The molecule has 6 nitrogen and oxygen atoms in total. The molecule has 0 spiro atoms. The van der Waals surface area contributed by atoms with Gasteiger partial charge in [0.25, 0.3) is 0 Å². The number of nitrogens with one attached hydrogen (secondary N) is 2. The third-order valence-electron chi connectivity index (χ3n) is 3.94. The summed E-state index contributed by atoms with van der Waals surface area (Å²) in [6.07, 6.45) is -7.80. The molecular formula is C19H13F6N5O. The average Bonchev–Trinajstić information content (AvgIpc) is 3.24. The van der Waals surface area contributed by atoms with Gasteiger partial charge in [0, 0.05) is 6.54 Å². The maximum absolute atomic E-state index is 12.9. The molecule has 0 fully saturated rings. The number of rotatable bonds is 6. The SMILES string of the molecule is N#Cc1c(NCc2cccc(C(F)(F)F)c2)nc(NCC(F)(F)F)nc1-c1ccco1. The van der Waals surface area contributed by atoms with Gasteiger partial charge in [0.2, 0.25) is 5.95 Å². The Morgan fingerprint density at radius 3 is 2.39 bits per heavy atom. The van der Waals surface area contributed by atoms with Gasteiger partial charge in [-0.2, -0.15) is 36.6 Å². The maximum Gasteiger partial charge on any atom is 0.416 e. The number of furan rings is 1. The molecule has 2 aromatic heterocycles. The van der Waals surface area contributed by atoms with Gasteiger partial charge >= 0.3 is 12.4 Å². The van der Waals surface area contributed by atoms with Gasteiger partial charge < -0.3 is 15.1 Å². The number of benzene rings is 1. The number of nitriles is 1. The summed E-state index contributed by atoms with van der Waals surface area (Å²) in [6, 6.07) is 9.25. The summed E-state index contributed by atoms with van der Waals surface area (Å²) in [6.45, 7) is -1.60. The van der Waals surface area contributed by atoms with Gasteiger partial charge in [0.05, 0.1) is 11.8 Å². The van der Waals surface area contributed by atoms with E-state index in [1.54, 1.807) is 0 Å². The molecule has 162 valence electrons. The Labute approximate surface area is 171 Å². The molecule has 0 bridgehead atoms. The second-order valence-corrected chi connectivity index (χ2v) is 6.23. The van der Waals surface area contributed by atoms with E-state index in [-0.39, 0.29) is 34.9 Å². The first kappa shape index (κ1) is 21.9. The van der Waals surface area contributed by atoms with Gasteiger partial charge in [-0.15, -0.1) is 0 Å². The largest absolute Gasteiger partial charge is 0.463 e. The Balaban J connectivity index is 1.94. The van der Waals surface area contributed by atoms with Crippen molar-refractivity contribution in [1.82, 2.24) is 9.97 Å². The Bertz CT molecular complexity index is 1090. The standard InChI is InChI=1S/C19H13F6N5O/c20-18(21,22)10-28-17-29-15(14-5-2-6-31-14)13(8-26)16(30-17)27-9-11-3-1-4-12(7-11)19(23,24)25/h1-7H,9-10H2,(H2,27,28,29,30). The van der Waals surface area contributed by atoms with Crippen LogP contribution in [0.15, 0.2) is 47.1 Å². The molecule has 0 atom stereocenters. The van der Waals surface area contributed by atoms with E-state index < -0.39 is 30.4 Å². The number of anilines is 2. The van der Waals surface area contributed by atoms with E-state index in [0.717, 1.165) is 12.1 Å². The van der Waals surface area contributed by atoms with Gasteiger partial charge in [-0.1, -0.05) is 12.1 Å². The fraction of sp³-hybridized carbons (Fsp3) is 0.211. The molecule has 0 amide bonds. The van der Waals surface area contributed by atoms with Crippen LogP contribution in [0.3, 0.4) is 0 Å². The molecule has 31 heavy (non-hydrogen) atoms. The Morgan fingerprint density at radius 1 is 1.00 bits per heavy atom. The predicted octanol–water partition coefficient (Wildman–Crippen LogP) is 5.21. The Morgan fingerprint density at radius 2 is 1.77 bits per heavy atom. The van der Waals surface area contributed by atoms with Crippen molar-refractivity contribution in [3.8, 4) is 17.5 Å². The fourth-order valence-electron chi connectivity index (χ4n) is 2.59. The van der Waals surface area contributed by atoms with Crippen LogP contribution in [0.25, 0.3) is 11.5 Å². The van der Waals surface area contributed by atoms with Crippen LogP contribution in [0.2, 0.25) is 0 Å². The van der Waals surface area contributed by atoms with Crippen molar-refractivity contribution in [2.45, 2.75) is 18.9 Å². The molecule has 3 rings (SSSR count). The molecule has 2 heterocycles. The van der Waals surface area contributed by atoms with Gasteiger partial charge in [0.15, 0.2) is 11.6 Å². The van der Waals surface area contributed by atoms with E-state index in [1.807, 2.05) is 11.4 Å². The molecule has 3 aromatic rings. The van der Waals surface area contributed by atoms with Crippen LogP contribution in [0.1, 0.15) is 16.7 Å². The molecule has 0 saturated heterocycles. The van der Waals surface area contributed by atoms with E-state index in [4.69, 9.17) is 4.42 Å². The second kappa shape index (κ2) is 8.55. The summed E-state index contributed by atoms with van der Waals surface area (Å²) in [5.41, 5.74) is -0.848. The van der Waals surface area contributed by atoms with Crippen LogP contribution in [0.5, 0.6) is 0 Å². The van der Waals surface area contributed by atoms with Gasteiger partial charge in [-0.05, 0) is 29.8 Å². The molecule has 0 aliphatic carbocycles. The number of hydrogen-bond donors (Lipinski definition) is 2. The fourth-order valence-corrected chi connectivity index (χ4v) is 2.59. The number of nitrogens with zero attached hydrogens (tertiary/aromatic N) is 3. The van der Waals surface area contributed by atoms with Crippen LogP contribution in [-0.2, 0) is 12.7 Å². The van der Waals surface area contributed by atoms with Crippen LogP contribution in [-0.4, -0.2) is 22.7 Å². The monoisotopic (exact) mass is 441 g/mol. The van der Waals surface area contributed by atoms with Crippen molar-refractivity contribution in [3.63, 3.8) is 0 Å². The molecule has 0 unspecified atom stereocenters. The summed E-state index contributed by atoms with van der Waals surface area (Å²) >= 11 is 0. The zero-order chi connectivity index (χ0) is 22.6. The lowest BCUT2D eigenvalue weighted by Gasteiger charge is -2.14. The number of aromatic nitrogens is 2. The lowest BCUT2D eigenvalue weighted by molar-refractivity contribution is -0.137. The number of hydrogen-bond acceptors (Lipinski definition) is 6. The molecule has 0 aliphatic heterocycles. The topological polar surface area (TPSA) is 86.8 Å². The Hall–Kier alpha value is -3.75. The van der Waals surface area contributed by atoms with Crippen molar-refractivity contribution in [3.05, 3.63) is 59.4 Å². The smallest absolute Gasteiger partial charge is 0.416 e. The van der Waals surface area contributed by atoms with Crippen molar-refractivity contribution in [2.24, 2.45) is 0 Å². The highest BCUT2D eigenvalue weighted by molar-refractivity contribution is 5.71. The van der Waals surface area contributed by atoms with E-state index in [2.05, 4.69) is 15.3 Å². The summed E-state index contributed by atoms with van der Waals surface area (Å²) in [7, 11) is 0. The van der Waals surface area contributed by atoms with Gasteiger partial charge in [-0.25, -0.2) is 4.98 Å². The molecule has 0 saturated carbocycles. The third-order valence-corrected chi connectivity index (χ3v) is 3.94. The van der Waals surface area contributed by atoms with Gasteiger partial charge in [-0.3, -0.25) is 0 Å². The predicted molar refractivity (Wildman–Crippen MR) is 97.8 cm³/mol. The lowest BCUT2D eigenvalue weighted by atomic mass is 10.1. The zero-order valence-corrected chi connectivity index (χ0v) is 15.5. The van der Waals surface area contributed by atoms with E-state index >= 15 is 0 Å². The molecular weight excluding hydrogens is 428 g/mol. The quantitative estimate of drug-likeness (QED) is 0.511. The number of alkyl halides is 6. The third kappa shape index (κ3) is 5.65. The first-order chi connectivity index (χ1) is 14.6. The van der Waals surface area contributed by atoms with Crippen LogP contribution < -0.4 is 10.6 Å². The average molecular weight is 441 g/mol. The first-order valence-electron chi connectivity index (χ1n) is 8.63. The maximum atomic E-state index is 12.9. The van der Waals surface area contributed by atoms with Crippen LogP contribution in [0, 0.1) is 11.3 Å². The van der Waals surface area contributed by atoms with Crippen molar-refractivity contribution in [2.75, 3.05) is 17.2 Å². The highest BCUT2D eigenvalue weighted by Crippen LogP contribution is 2.31. The molecule has 0 radical (unpaired) electrons. The van der Waals surface area contributed by atoms with Gasteiger partial charge in [0.1, 0.15) is 23.9 Å². The normalized spacial score (nSPS) is 11.8. The molecule has 2 N–H and O–H groups in total. The van der Waals surface area contributed by atoms with E-state index in [0.29, 0.717) is 0 Å². The minimum atomic E-state index is -4.55. The summed E-state index contributed by atoms with van der Waals surface area (Å²) in [4.78, 5) is 7.81. The minimum absolute atomic E-state index is 0.0706. The molecule has 12 heteroatoms. The highest BCUT2D eigenvalue weighted by Gasteiger charge is 2.30. The lowest BCUT2D eigenvalue weighted by Crippen LogP contribution is -2.23.